The molecular formula is C12H18BrNO3S. The summed E-state index contributed by atoms with van der Waals surface area (Å²) < 4.78 is 32.8. The third-order valence-electron chi connectivity index (χ3n) is 2.37. The highest BCUT2D eigenvalue weighted by Crippen LogP contribution is 2.20. The zero-order chi connectivity index (χ0) is 13.8. The van der Waals surface area contributed by atoms with Crippen molar-refractivity contribution in [3.63, 3.8) is 0 Å². The molecule has 0 heterocycles. The fourth-order valence-electron chi connectivity index (χ4n) is 1.45. The largest absolute Gasteiger partial charge is 0.380 e. The van der Waals surface area contributed by atoms with Gasteiger partial charge < -0.3 is 4.74 Å². The summed E-state index contributed by atoms with van der Waals surface area (Å²) in [5.41, 5.74) is 0.885. The second-order valence-electron chi connectivity index (χ2n) is 4.09. The van der Waals surface area contributed by atoms with E-state index in [-0.39, 0.29) is 10.9 Å². The van der Waals surface area contributed by atoms with Crippen LogP contribution in [0.15, 0.2) is 27.6 Å². The van der Waals surface area contributed by atoms with Crippen molar-refractivity contribution in [2.75, 3.05) is 13.2 Å². The molecule has 1 rings (SSSR count). The van der Waals surface area contributed by atoms with Crippen LogP contribution in [0.2, 0.25) is 0 Å². The van der Waals surface area contributed by atoms with E-state index in [1.807, 2.05) is 13.8 Å². The molecule has 1 aromatic carbocycles. The lowest BCUT2D eigenvalue weighted by Crippen LogP contribution is -2.35. The number of halogens is 1. The number of hydrogen-bond acceptors (Lipinski definition) is 3. The molecule has 102 valence electrons. The van der Waals surface area contributed by atoms with Crippen LogP contribution >= 0.6 is 15.9 Å². The zero-order valence-electron chi connectivity index (χ0n) is 10.7. The lowest BCUT2D eigenvalue weighted by molar-refractivity contribution is 0.133. The van der Waals surface area contributed by atoms with Crippen LogP contribution < -0.4 is 4.72 Å². The molecule has 0 saturated carbocycles. The normalized spacial score (nSPS) is 13.6. The summed E-state index contributed by atoms with van der Waals surface area (Å²) in [6.07, 6.45) is 0. The molecule has 0 aliphatic rings. The number of rotatable bonds is 6. The van der Waals surface area contributed by atoms with Gasteiger partial charge in [0.1, 0.15) is 0 Å². The zero-order valence-corrected chi connectivity index (χ0v) is 13.1. The molecule has 0 radical (unpaired) electrons. The summed E-state index contributed by atoms with van der Waals surface area (Å²) >= 11 is 3.35. The number of nitrogens with one attached hydrogen (secondary N) is 1. The van der Waals surface area contributed by atoms with Crippen molar-refractivity contribution in [1.82, 2.24) is 4.72 Å². The van der Waals surface area contributed by atoms with E-state index in [4.69, 9.17) is 4.74 Å². The first-order valence-electron chi connectivity index (χ1n) is 5.73. The van der Waals surface area contributed by atoms with Crippen molar-refractivity contribution >= 4 is 26.0 Å². The molecule has 0 spiro atoms. The van der Waals surface area contributed by atoms with Crippen molar-refractivity contribution in [3.8, 4) is 0 Å². The third-order valence-corrected chi connectivity index (χ3v) is 4.84. The van der Waals surface area contributed by atoms with Crippen LogP contribution in [-0.4, -0.2) is 27.7 Å². The topological polar surface area (TPSA) is 55.4 Å². The summed E-state index contributed by atoms with van der Waals surface area (Å²) in [6, 6.07) is 4.70. The number of hydrogen-bond donors (Lipinski definition) is 1. The minimum Gasteiger partial charge on any atom is -0.380 e. The Balaban J connectivity index is 2.83. The van der Waals surface area contributed by atoms with Gasteiger partial charge in [-0.05, 0) is 44.5 Å². The van der Waals surface area contributed by atoms with Crippen molar-refractivity contribution < 1.29 is 13.2 Å². The Hall–Kier alpha value is -0.430. The standard InChI is InChI=1S/C12H18BrNO3S/c1-4-17-8-10(3)14-18(15,16)11-5-6-12(13)9(2)7-11/h5-7,10,14H,4,8H2,1-3H3. The molecule has 18 heavy (non-hydrogen) atoms. The van der Waals surface area contributed by atoms with E-state index in [9.17, 15) is 8.42 Å². The highest BCUT2D eigenvalue weighted by atomic mass is 79.9. The molecule has 0 aromatic heterocycles. The number of ether oxygens (including phenoxy) is 1. The van der Waals surface area contributed by atoms with Crippen LogP contribution in [0.25, 0.3) is 0 Å². The van der Waals surface area contributed by atoms with Gasteiger partial charge in [0.05, 0.1) is 11.5 Å². The summed E-state index contributed by atoms with van der Waals surface area (Å²) in [4.78, 5) is 0.270. The first-order valence-corrected chi connectivity index (χ1v) is 8.00. The molecule has 1 aromatic rings. The molecule has 0 amide bonds. The van der Waals surface area contributed by atoms with Crippen molar-refractivity contribution in [1.29, 1.82) is 0 Å². The van der Waals surface area contributed by atoms with Crippen LogP contribution in [0.3, 0.4) is 0 Å². The van der Waals surface area contributed by atoms with Crippen LogP contribution in [0.5, 0.6) is 0 Å². The van der Waals surface area contributed by atoms with Gasteiger partial charge in [0.25, 0.3) is 0 Å². The molecule has 0 aliphatic heterocycles. The Kier molecular flexibility index (Phi) is 5.78. The van der Waals surface area contributed by atoms with Gasteiger partial charge in [0, 0.05) is 17.1 Å². The average Bonchev–Trinajstić information content (AvgIpc) is 2.29. The molecule has 0 fully saturated rings. The number of sulfonamides is 1. The SMILES string of the molecule is CCOCC(C)NS(=O)(=O)c1ccc(Br)c(C)c1. The molecule has 0 bridgehead atoms. The first-order chi connectivity index (χ1) is 8.36. The minimum atomic E-state index is -3.48. The maximum atomic E-state index is 12.1. The van der Waals surface area contributed by atoms with Gasteiger partial charge in [-0.15, -0.1) is 0 Å². The second-order valence-corrected chi connectivity index (χ2v) is 6.66. The van der Waals surface area contributed by atoms with Crippen LogP contribution in [0.4, 0.5) is 0 Å². The molecule has 1 N–H and O–H groups in total. The Morgan fingerprint density at radius 3 is 2.67 bits per heavy atom. The second kappa shape index (κ2) is 6.65. The quantitative estimate of drug-likeness (QED) is 0.868. The molecule has 0 saturated heterocycles. The highest BCUT2D eigenvalue weighted by Gasteiger charge is 2.17. The van der Waals surface area contributed by atoms with Gasteiger partial charge >= 0.3 is 0 Å². The van der Waals surface area contributed by atoms with Crippen molar-refractivity contribution in [3.05, 3.63) is 28.2 Å². The molecule has 1 unspecified atom stereocenters. The van der Waals surface area contributed by atoms with Gasteiger partial charge in [0.2, 0.25) is 10.0 Å². The molecule has 4 nitrogen and oxygen atoms in total. The van der Waals surface area contributed by atoms with Crippen LogP contribution in [-0.2, 0) is 14.8 Å². The lowest BCUT2D eigenvalue weighted by atomic mass is 10.2. The van der Waals surface area contributed by atoms with Crippen molar-refractivity contribution in [2.45, 2.75) is 31.7 Å². The summed E-state index contributed by atoms with van der Waals surface area (Å²) in [7, 11) is -3.48. The average molecular weight is 336 g/mol. The van der Waals surface area contributed by atoms with Gasteiger partial charge in [-0.1, -0.05) is 15.9 Å². The molecule has 1 atom stereocenters. The Morgan fingerprint density at radius 2 is 2.11 bits per heavy atom. The van der Waals surface area contributed by atoms with Crippen molar-refractivity contribution in [2.24, 2.45) is 0 Å². The molecular weight excluding hydrogens is 318 g/mol. The Morgan fingerprint density at radius 1 is 1.44 bits per heavy atom. The predicted molar refractivity (Wildman–Crippen MR) is 75.2 cm³/mol. The number of aryl methyl sites for hydroxylation is 1. The van der Waals surface area contributed by atoms with Crippen LogP contribution in [0, 0.1) is 6.92 Å². The van der Waals surface area contributed by atoms with E-state index < -0.39 is 10.0 Å². The fraction of sp³-hybridized carbons (Fsp3) is 0.500. The molecule has 0 aliphatic carbocycles. The smallest absolute Gasteiger partial charge is 0.240 e. The number of benzene rings is 1. The van der Waals surface area contributed by atoms with E-state index in [2.05, 4.69) is 20.7 Å². The Labute approximate surface area is 117 Å². The summed E-state index contributed by atoms with van der Waals surface area (Å²) in [5, 5.41) is 0. The van der Waals surface area contributed by atoms with Gasteiger partial charge in [0.15, 0.2) is 0 Å². The van der Waals surface area contributed by atoms with Gasteiger partial charge in [-0.3, -0.25) is 0 Å². The van der Waals surface area contributed by atoms with E-state index in [0.717, 1.165) is 10.0 Å². The minimum absolute atomic E-state index is 0.251. The molecule has 6 heteroatoms. The van der Waals surface area contributed by atoms with Gasteiger partial charge in [-0.2, -0.15) is 0 Å². The van der Waals surface area contributed by atoms with Crippen LogP contribution in [0.1, 0.15) is 19.4 Å². The summed E-state index contributed by atoms with van der Waals surface area (Å²) in [6.45, 7) is 6.44. The maximum absolute atomic E-state index is 12.1. The monoisotopic (exact) mass is 335 g/mol. The van der Waals surface area contributed by atoms with E-state index in [0.29, 0.717) is 13.2 Å². The fourth-order valence-corrected chi connectivity index (χ4v) is 3.01. The van der Waals surface area contributed by atoms with Gasteiger partial charge in [-0.25, -0.2) is 13.1 Å². The predicted octanol–water partition coefficient (Wildman–Crippen LogP) is 2.46. The van der Waals surface area contributed by atoms with E-state index >= 15 is 0 Å². The first kappa shape index (κ1) is 15.6. The summed E-state index contributed by atoms with van der Waals surface area (Å²) in [5.74, 6) is 0. The third kappa shape index (κ3) is 4.35. The lowest BCUT2D eigenvalue weighted by Gasteiger charge is -2.14. The highest BCUT2D eigenvalue weighted by molar-refractivity contribution is 9.10. The maximum Gasteiger partial charge on any atom is 0.240 e. The Bertz CT molecular complexity index is 502. The van der Waals surface area contributed by atoms with E-state index in [1.165, 1.54) is 0 Å². The van der Waals surface area contributed by atoms with E-state index in [1.54, 1.807) is 25.1 Å².